The number of aromatic nitrogens is 1. The highest BCUT2D eigenvalue weighted by atomic mass is 16.1. The van der Waals surface area contributed by atoms with Gasteiger partial charge >= 0.3 is 0 Å². The van der Waals surface area contributed by atoms with Gasteiger partial charge in [0.2, 0.25) is 5.91 Å². The van der Waals surface area contributed by atoms with Crippen molar-refractivity contribution < 1.29 is 4.79 Å². The van der Waals surface area contributed by atoms with E-state index in [1.54, 1.807) is 6.20 Å². The number of pyridine rings is 1. The number of aryl methyl sites for hydroxylation is 1. The topological polar surface area (TPSA) is 42.0 Å². The molecule has 1 aliphatic carbocycles. The van der Waals surface area contributed by atoms with Crippen LogP contribution in [0.1, 0.15) is 31.2 Å². The number of anilines is 1. The zero-order valence-electron chi connectivity index (χ0n) is 8.99. The molecule has 0 atom stereocenters. The van der Waals surface area contributed by atoms with Gasteiger partial charge in [-0.2, -0.15) is 0 Å². The standard InChI is InChI=1S/C12H16N2O/c1-9-5-4-8-13-11(9)14-12(15)10-6-2-3-7-10/h4-5,8,10H,2-3,6-7H2,1H3,(H,13,14,15). The molecule has 0 radical (unpaired) electrons. The van der Waals surface area contributed by atoms with E-state index in [0.29, 0.717) is 5.82 Å². The highest BCUT2D eigenvalue weighted by molar-refractivity contribution is 5.92. The van der Waals surface area contributed by atoms with Crippen LogP contribution in [0, 0.1) is 12.8 Å². The molecule has 2 rings (SSSR count). The van der Waals surface area contributed by atoms with E-state index in [1.165, 1.54) is 12.8 Å². The second kappa shape index (κ2) is 4.43. The SMILES string of the molecule is Cc1cccnc1NC(=O)C1CCCC1. The van der Waals surface area contributed by atoms with Crippen molar-refractivity contribution in [2.75, 3.05) is 5.32 Å². The number of nitrogens with one attached hydrogen (secondary N) is 1. The van der Waals surface area contributed by atoms with Crippen LogP contribution in [0.4, 0.5) is 5.82 Å². The van der Waals surface area contributed by atoms with Crippen LogP contribution < -0.4 is 5.32 Å². The Morgan fingerprint density at radius 1 is 1.47 bits per heavy atom. The van der Waals surface area contributed by atoms with Gasteiger partial charge in [-0.1, -0.05) is 18.9 Å². The Hall–Kier alpha value is -1.38. The third-order valence-electron chi connectivity index (χ3n) is 2.98. The van der Waals surface area contributed by atoms with E-state index in [9.17, 15) is 4.79 Å². The lowest BCUT2D eigenvalue weighted by Crippen LogP contribution is -2.21. The zero-order valence-corrected chi connectivity index (χ0v) is 8.99. The van der Waals surface area contributed by atoms with Crippen molar-refractivity contribution in [1.29, 1.82) is 0 Å². The second-order valence-electron chi connectivity index (χ2n) is 4.14. The van der Waals surface area contributed by atoms with E-state index >= 15 is 0 Å². The third kappa shape index (κ3) is 2.35. The summed E-state index contributed by atoms with van der Waals surface area (Å²) in [5.74, 6) is 1.04. The molecule has 0 spiro atoms. The van der Waals surface area contributed by atoms with Gasteiger partial charge in [-0.15, -0.1) is 0 Å². The summed E-state index contributed by atoms with van der Waals surface area (Å²) in [6, 6.07) is 3.83. The summed E-state index contributed by atoms with van der Waals surface area (Å²) in [4.78, 5) is 16.0. The van der Waals surface area contributed by atoms with Crippen LogP contribution in [-0.2, 0) is 4.79 Å². The van der Waals surface area contributed by atoms with E-state index < -0.39 is 0 Å². The van der Waals surface area contributed by atoms with Gasteiger partial charge in [0.1, 0.15) is 5.82 Å². The molecule has 1 aromatic rings. The summed E-state index contributed by atoms with van der Waals surface area (Å²) in [6.07, 6.45) is 6.12. The van der Waals surface area contributed by atoms with Gasteiger partial charge < -0.3 is 5.32 Å². The lowest BCUT2D eigenvalue weighted by Gasteiger charge is -2.10. The van der Waals surface area contributed by atoms with E-state index in [1.807, 2.05) is 19.1 Å². The summed E-state index contributed by atoms with van der Waals surface area (Å²) in [7, 11) is 0. The average Bonchev–Trinajstić information content (AvgIpc) is 2.74. The van der Waals surface area contributed by atoms with E-state index in [2.05, 4.69) is 10.3 Å². The smallest absolute Gasteiger partial charge is 0.228 e. The first-order chi connectivity index (χ1) is 7.27. The van der Waals surface area contributed by atoms with Gasteiger partial charge in [-0.05, 0) is 31.4 Å². The van der Waals surface area contributed by atoms with Crippen molar-refractivity contribution in [3.8, 4) is 0 Å². The molecule has 80 valence electrons. The number of nitrogens with zero attached hydrogens (tertiary/aromatic N) is 1. The number of hydrogen-bond acceptors (Lipinski definition) is 2. The fourth-order valence-electron chi connectivity index (χ4n) is 2.02. The third-order valence-corrected chi connectivity index (χ3v) is 2.98. The zero-order chi connectivity index (χ0) is 10.7. The van der Waals surface area contributed by atoms with E-state index in [-0.39, 0.29) is 11.8 Å². The highest BCUT2D eigenvalue weighted by Crippen LogP contribution is 2.26. The van der Waals surface area contributed by atoms with Crippen molar-refractivity contribution in [2.45, 2.75) is 32.6 Å². The molecule has 15 heavy (non-hydrogen) atoms. The number of carbonyl (C=O) groups is 1. The van der Waals surface area contributed by atoms with Crippen LogP contribution >= 0.6 is 0 Å². The maximum atomic E-state index is 11.8. The fourth-order valence-corrected chi connectivity index (χ4v) is 2.02. The molecule has 0 aromatic carbocycles. The monoisotopic (exact) mass is 204 g/mol. The van der Waals surface area contributed by atoms with Crippen LogP contribution in [0.2, 0.25) is 0 Å². The van der Waals surface area contributed by atoms with Crippen molar-refractivity contribution in [1.82, 2.24) is 4.98 Å². The Kier molecular flexibility index (Phi) is 2.99. The van der Waals surface area contributed by atoms with Crippen LogP contribution in [0.5, 0.6) is 0 Å². The van der Waals surface area contributed by atoms with Crippen molar-refractivity contribution in [3.63, 3.8) is 0 Å². The molecule has 1 N–H and O–H groups in total. The Morgan fingerprint density at radius 2 is 2.20 bits per heavy atom. The van der Waals surface area contributed by atoms with Crippen molar-refractivity contribution >= 4 is 11.7 Å². The second-order valence-corrected chi connectivity index (χ2v) is 4.14. The first-order valence-corrected chi connectivity index (χ1v) is 5.50. The summed E-state index contributed by atoms with van der Waals surface area (Å²) in [6.45, 7) is 1.96. The first kappa shape index (κ1) is 10.1. The molecule has 0 unspecified atom stereocenters. The highest BCUT2D eigenvalue weighted by Gasteiger charge is 2.22. The van der Waals surface area contributed by atoms with Gasteiger partial charge in [-0.25, -0.2) is 4.98 Å². The molecular weight excluding hydrogens is 188 g/mol. The predicted octanol–water partition coefficient (Wildman–Crippen LogP) is 2.52. The molecule has 1 heterocycles. The summed E-state index contributed by atoms with van der Waals surface area (Å²) in [5, 5.41) is 2.90. The van der Waals surface area contributed by atoms with Crippen LogP contribution in [0.25, 0.3) is 0 Å². The lowest BCUT2D eigenvalue weighted by atomic mass is 10.1. The Balaban J connectivity index is 2.02. The number of amides is 1. The van der Waals surface area contributed by atoms with Gasteiger partial charge in [0.25, 0.3) is 0 Å². The van der Waals surface area contributed by atoms with Gasteiger partial charge in [0.15, 0.2) is 0 Å². The van der Waals surface area contributed by atoms with E-state index in [0.717, 1.165) is 18.4 Å². The van der Waals surface area contributed by atoms with Crippen molar-refractivity contribution in [2.24, 2.45) is 5.92 Å². The van der Waals surface area contributed by atoms with Gasteiger partial charge in [-0.3, -0.25) is 4.79 Å². The molecule has 0 aliphatic heterocycles. The Labute approximate surface area is 89.9 Å². The molecule has 1 amide bonds. The molecule has 0 bridgehead atoms. The van der Waals surface area contributed by atoms with Crippen LogP contribution in [-0.4, -0.2) is 10.9 Å². The lowest BCUT2D eigenvalue weighted by molar-refractivity contribution is -0.119. The van der Waals surface area contributed by atoms with Crippen LogP contribution in [0.15, 0.2) is 18.3 Å². The maximum Gasteiger partial charge on any atom is 0.228 e. The van der Waals surface area contributed by atoms with Gasteiger partial charge in [0, 0.05) is 12.1 Å². The first-order valence-electron chi connectivity index (χ1n) is 5.50. The fraction of sp³-hybridized carbons (Fsp3) is 0.500. The molecule has 0 saturated heterocycles. The Morgan fingerprint density at radius 3 is 2.87 bits per heavy atom. The Bertz CT molecular complexity index is 356. The minimum Gasteiger partial charge on any atom is -0.310 e. The maximum absolute atomic E-state index is 11.8. The molecule has 1 saturated carbocycles. The van der Waals surface area contributed by atoms with E-state index in [4.69, 9.17) is 0 Å². The van der Waals surface area contributed by atoms with Gasteiger partial charge in [0.05, 0.1) is 0 Å². The largest absolute Gasteiger partial charge is 0.310 e. The van der Waals surface area contributed by atoms with Crippen LogP contribution in [0.3, 0.4) is 0 Å². The van der Waals surface area contributed by atoms with Crippen molar-refractivity contribution in [3.05, 3.63) is 23.9 Å². The summed E-state index contributed by atoms with van der Waals surface area (Å²) in [5.41, 5.74) is 1.02. The normalized spacial score (nSPS) is 16.6. The number of rotatable bonds is 2. The molecule has 1 aromatic heterocycles. The summed E-state index contributed by atoms with van der Waals surface area (Å²) < 4.78 is 0. The predicted molar refractivity (Wildman–Crippen MR) is 59.6 cm³/mol. The minimum absolute atomic E-state index is 0.134. The summed E-state index contributed by atoms with van der Waals surface area (Å²) >= 11 is 0. The molecular formula is C12H16N2O. The number of hydrogen-bond donors (Lipinski definition) is 1. The average molecular weight is 204 g/mol. The molecule has 3 heteroatoms. The molecule has 1 fully saturated rings. The molecule has 3 nitrogen and oxygen atoms in total. The number of carbonyl (C=O) groups excluding carboxylic acids is 1. The quantitative estimate of drug-likeness (QED) is 0.804. The minimum atomic E-state index is 0.134. The molecule has 1 aliphatic rings.